The summed E-state index contributed by atoms with van der Waals surface area (Å²) in [5, 5.41) is 13.0. The van der Waals surface area contributed by atoms with Gasteiger partial charge < -0.3 is 9.15 Å². The van der Waals surface area contributed by atoms with Crippen molar-refractivity contribution in [1.82, 2.24) is 20.0 Å². The second-order valence-corrected chi connectivity index (χ2v) is 7.33. The molecule has 30 heavy (non-hydrogen) atoms. The molecule has 4 rings (SSSR count). The lowest BCUT2D eigenvalue weighted by Gasteiger charge is -2.09. The van der Waals surface area contributed by atoms with E-state index in [1.165, 1.54) is 6.20 Å². The van der Waals surface area contributed by atoms with E-state index >= 15 is 0 Å². The average Bonchev–Trinajstić information content (AvgIpc) is 3.37. The van der Waals surface area contributed by atoms with E-state index in [0.29, 0.717) is 22.2 Å². The largest absolute Gasteiger partial charge is 0.449 e. The number of benzene rings is 2. The van der Waals surface area contributed by atoms with Crippen LogP contribution < -0.4 is 0 Å². The first-order valence-electron chi connectivity index (χ1n) is 9.34. The first-order valence-corrected chi connectivity index (χ1v) is 9.72. The molecule has 0 fully saturated rings. The minimum absolute atomic E-state index is 0.224. The minimum Gasteiger partial charge on any atom is -0.449 e. The van der Waals surface area contributed by atoms with Crippen LogP contribution in [0.5, 0.6) is 0 Å². The van der Waals surface area contributed by atoms with Crippen LogP contribution >= 0.6 is 11.6 Å². The van der Waals surface area contributed by atoms with Gasteiger partial charge in [-0.25, -0.2) is 9.48 Å². The van der Waals surface area contributed by atoms with Gasteiger partial charge in [-0.05, 0) is 57.2 Å². The molecule has 0 spiro atoms. The number of carbonyl (C=O) groups is 1. The number of nitrogens with zero attached hydrogens (tertiary/aromatic N) is 4. The highest BCUT2D eigenvalue weighted by Crippen LogP contribution is 2.24. The molecule has 0 aliphatic heterocycles. The molecule has 8 heteroatoms. The Labute approximate surface area is 178 Å². The van der Waals surface area contributed by atoms with Crippen molar-refractivity contribution in [3.05, 3.63) is 82.5 Å². The summed E-state index contributed by atoms with van der Waals surface area (Å²) >= 11 is 5.93. The lowest BCUT2D eigenvalue weighted by Crippen LogP contribution is -2.11. The molecule has 152 valence electrons. The molecule has 0 bridgehead atoms. The van der Waals surface area contributed by atoms with E-state index in [1.807, 2.05) is 43.3 Å². The van der Waals surface area contributed by atoms with Gasteiger partial charge in [0.1, 0.15) is 5.56 Å². The smallest absolute Gasteiger partial charge is 0.342 e. The standard InChI is InChI=1S/C22H19ClN4O3/c1-13-4-6-16(7-5-13)21-26-25-20(30-21)15(3)29-22(28)19-12-24-27(14(19)2)18-10-8-17(23)9-11-18/h4-12,15H,1-3H3. The average molecular weight is 423 g/mol. The van der Waals surface area contributed by atoms with Crippen LogP contribution in [0.25, 0.3) is 17.1 Å². The molecule has 2 heterocycles. The predicted octanol–water partition coefficient (Wildman–Crippen LogP) is 5.11. The van der Waals surface area contributed by atoms with Crippen LogP contribution in [0, 0.1) is 13.8 Å². The van der Waals surface area contributed by atoms with E-state index in [9.17, 15) is 4.79 Å². The Kier molecular flexibility index (Phi) is 5.37. The van der Waals surface area contributed by atoms with Gasteiger partial charge in [0.05, 0.1) is 17.6 Å². The number of ether oxygens (including phenoxy) is 1. The van der Waals surface area contributed by atoms with Gasteiger partial charge in [0.15, 0.2) is 6.10 Å². The number of rotatable bonds is 5. The zero-order valence-corrected chi connectivity index (χ0v) is 17.4. The van der Waals surface area contributed by atoms with E-state index < -0.39 is 12.1 Å². The quantitative estimate of drug-likeness (QED) is 0.415. The van der Waals surface area contributed by atoms with Gasteiger partial charge in [0, 0.05) is 10.6 Å². The third-order valence-corrected chi connectivity index (χ3v) is 4.92. The number of hydrogen-bond donors (Lipinski definition) is 0. The fraction of sp³-hybridized carbons (Fsp3) is 0.182. The van der Waals surface area contributed by atoms with Gasteiger partial charge >= 0.3 is 5.97 Å². The van der Waals surface area contributed by atoms with E-state index in [2.05, 4.69) is 15.3 Å². The molecule has 0 radical (unpaired) electrons. The summed E-state index contributed by atoms with van der Waals surface area (Å²) in [4.78, 5) is 12.7. The molecule has 1 unspecified atom stereocenters. The number of aryl methyl sites for hydroxylation is 1. The Morgan fingerprint density at radius 1 is 1.07 bits per heavy atom. The van der Waals surface area contributed by atoms with E-state index in [4.69, 9.17) is 20.8 Å². The summed E-state index contributed by atoms with van der Waals surface area (Å²) in [6, 6.07) is 14.9. The highest BCUT2D eigenvalue weighted by Gasteiger charge is 2.23. The van der Waals surface area contributed by atoms with Crippen molar-refractivity contribution in [3.63, 3.8) is 0 Å². The highest BCUT2D eigenvalue weighted by atomic mass is 35.5. The molecule has 0 amide bonds. The van der Waals surface area contributed by atoms with Crippen LogP contribution in [0.15, 0.2) is 59.1 Å². The molecule has 0 saturated heterocycles. The van der Waals surface area contributed by atoms with Crippen molar-refractivity contribution in [2.45, 2.75) is 26.9 Å². The molecule has 2 aromatic carbocycles. The van der Waals surface area contributed by atoms with E-state index in [0.717, 1.165) is 16.8 Å². The molecule has 0 aliphatic carbocycles. The Bertz CT molecular complexity index is 1180. The van der Waals surface area contributed by atoms with Gasteiger partial charge in [-0.15, -0.1) is 10.2 Å². The Hall–Kier alpha value is -3.45. The van der Waals surface area contributed by atoms with Gasteiger partial charge in [0.2, 0.25) is 5.89 Å². The number of halogens is 1. The molecule has 2 aromatic heterocycles. The molecule has 0 N–H and O–H groups in total. The first kappa shape index (κ1) is 19.8. The van der Waals surface area contributed by atoms with Gasteiger partial charge in [0.25, 0.3) is 5.89 Å². The molecule has 4 aromatic rings. The number of carbonyl (C=O) groups excluding carboxylic acids is 1. The van der Waals surface area contributed by atoms with Crippen LogP contribution in [-0.4, -0.2) is 25.9 Å². The number of esters is 1. The van der Waals surface area contributed by atoms with Crippen molar-refractivity contribution in [1.29, 1.82) is 0 Å². The Balaban J connectivity index is 1.49. The van der Waals surface area contributed by atoms with E-state index in [1.54, 1.807) is 30.7 Å². The summed E-state index contributed by atoms with van der Waals surface area (Å²) in [6.07, 6.45) is 0.771. The van der Waals surface area contributed by atoms with Crippen LogP contribution in [0.2, 0.25) is 5.02 Å². The maximum absolute atomic E-state index is 12.7. The van der Waals surface area contributed by atoms with Crippen LogP contribution in [0.4, 0.5) is 0 Å². The number of hydrogen-bond acceptors (Lipinski definition) is 6. The minimum atomic E-state index is -0.706. The van der Waals surface area contributed by atoms with Crippen molar-refractivity contribution in [2.24, 2.45) is 0 Å². The molecule has 0 aliphatic rings. The van der Waals surface area contributed by atoms with Gasteiger partial charge in [-0.1, -0.05) is 29.3 Å². The van der Waals surface area contributed by atoms with Crippen molar-refractivity contribution in [3.8, 4) is 17.1 Å². The topological polar surface area (TPSA) is 83.0 Å². The molecule has 0 saturated carbocycles. The molecular formula is C22H19ClN4O3. The van der Waals surface area contributed by atoms with Crippen molar-refractivity contribution >= 4 is 17.6 Å². The molecule has 1 atom stereocenters. The van der Waals surface area contributed by atoms with Crippen molar-refractivity contribution in [2.75, 3.05) is 0 Å². The zero-order chi connectivity index (χ0) is 21.3. The fourth-order valence-corrected chi connectivity index (χ4v) is 3.06. The third kappa shape index (κ3) is 3.97. The monoisotopic (exact) mass is 422 g/mol. The Morgan fingerprint density at radius 2 is 1.77 bits per heavy atom. The van der Waals surface area contributed by atoms with Gasteiger partial charge in [-0.3, -0.25) is 0 Å². The van der Waals surface area contributed by atoms with Gasteiger partial charge in [-0.2, -0.15) is 5.10 Å². The predicted molar refractivity (Wildman–Crippen MR) is 112 cm³/mol. The summed E-state index contributed by atoms with van der Waals surface area (Å²) in [7, 11) is 0. The van der Waals surface area contributed by atoms with Crippen LogP contribution in [0.1, 0.15) is 40.5 Å². The summed E-state index contributed by atoms with van der Waals surface area (Å²) in [6.45, 7) is 5.48. The number of aromatic nitrogens is 4. The molecule has 7 nitrogen and oxygen atoms in total. The van der Waals surface area contributed by atoms with E-state index in [-0.39, 0.29) is 5.89 Å². The fourth-order valence-electron chi connectivity index (χ4n) is 2.94. The zero-order valence-electron chi connectivity index (χ0n) is 16.7. The molecular weight excluding hydrogens is 404 g/mol. The lowest BCUT2D eigenvalue weighted by atomic mass is 10.1. The second-order valence-electron chi connectivity index (χ2n) is 6.89. The highest BCUT2D eigenvalue weighted by molar-refractivity contribution is 6.30. The summed E-state index contributed by atoms with van der Waals surface area (Å²) in [5.41, 5.74) is 3.74. The first-order chi connectivity index (χ1) is 14.4. The SMILES string of the molecule is Cc1ccc(-c2nnc(C(C)OC(=O)c3cnn(-c4ccc(Cl)cc4)c3C)o2)cc1. The van der Waals surface area contributed by atoms with Crippen LogP contribution in [0.3, 0.4) is 0 Å². The maximum Gasteiger partial charge on any atom is 0.342 e. The van der Waals surface area contributed by atoms with Crippen LogP contribution in [-0.2, 0) is 4.74 Å². The normalized spacial score (nSPS) is 12.0. The summed E-state index contributed by atoms with van der Waals surface area (Å²) in [5.74, 6) is 0.0802. The summed E-state index contributed by atoms with van der Waals surface area (Å²) < 4.78 is 12.9. The third-order valence-electron chi connectivity index (χ3n) is 4.67. The maximum atomic E-state index is 12.7. The Morgan fingerprint density at radius 3 is 2.47 bits per heavy atom. The second kappa shape index (κ2) is 8.12. The lowest BCUT2D eigenvalue weighted by molar-refractivity contribution is 0.0279. The van der Waals surface area contributed by atoms with Crippen molar-refractivity contribution < 1.29 is 13.9 Å².